The van der Waals surface area contributed by atoms with Crippen molar-refractivity contribution in [3.63, 3.8) is 0 Å². The van der Waals surface area contributed by atoms with E-state index in [0.717, 1.165) is 0 Å². The van der Waals surface area contributed by atoms with E-state index >= 15 is 0 Å². The van der Waals surface area contributed by atoms with Crippen molar-refractivity contribution in [1.82, 2.24) is 0 Å². The quantitative estimate of drug-likeness (QED) is 0.653. The molecule has 1 heterocycles. The van der Waals surface area contributed by atoms with Gasteiger partial charge in [0.05, 0.1) is 17.7 Å². The van der Waals surface area contributed by atoms with Gasteiger partial charge in [-0.3, -0.25) is 9.52 Å². The SMILES string of the molecule is COc1ccccc1NS(=O)(=O)c1cc(NC(=O)c2ccc(C)o2)ccc1C. The molecule has 0 spiro atoms. The fourth-order valence-corrected chi connectivity index (χ4v) is 3.99. The Morgan fingerprint density at radius 3 is 2.46 bits per heavy atom. The lowest BCUT2D eigenvalue weighted by molar-refractivity contribution is 0.0995. The van der Waals surface area contributed by atoms with Crippen molar-refractivity contribution in [2.45, 2.75) is 18.7 Å². The summed E-state index contributed by atoms with van der Waals surface area (Å²) < 4.78 is 38.8. The predicted octanol–water partition coefficient (Wildman–Crippen LogP) is 3.96. The van der Waals surface area contributed by atoms with Crippen LogP contribution in [-0.4, -0.2) is 21.4 Å². The van der Waals surface area contributed by atoms with Gasteiger partial charge >= 0.3 is 0 Å². The van der Waals surface area contributed by atoms with E-state index in [4.69, 9.17) is 9.15 Å². The smallest absolute Gasteiger partial charge is 0.291 e. The number of rotatable bonds is 6. The zero-order valence-electron chi connectivity index (χ0n) is 15.6. The second-order valence-corrected chi connectivity index (χ2v) is 7.80. The van der Waals surface area contributed by atoms with Gasteiger partial charge in [0, 0.05) is 5.69 Å². The topological polar surface area (TPSA) is 97.6 Å². The summed E-state index contributed by atoms with van der Waals surface area (Å²) in [6.45, 7) is 3.41. The van der Waals surface area contributed by atoms with Crippen molar-refractivity contribution in [2.75, 3.05) is 17.1 Å². The van der Waals surface area contributed by atoms with Crippen LogP contribution in [-0.2, 0) is 10.0 Å². The highest BCUT2D eigenvalue weighted by Gasteiger charge is 2.20. The lowest BCUT2D eigenvalue weighted by Gasteiger charge is -2.14. The van der Waals surface area contributed by atoms with Crippen molar-refractivity contribution in [1.29, 1.82) is 0 Å². The molecule has 3 aromatic rings. The summed E-state index contributed by atoms with van der Waals surface area (Å²) in [7, 11) is -2.44. The standard InChI is InChI=1S/C20H20N2O5S/c1-13-8-10-15(21-20(23)18-11-9-14(2)27-18)12-19(13)28(24,25)22-16-6-4-5-7-17(16)26-3/h4-12,22H,1-3H3,(H,21,23). The number of methoxy groups -OCH3 is 1. The monoisotopic (exact) mass is 400 g/mol. The average Bonchev–Trinajstić information content (AvgIpc) is 3.10. The highest BCUT2D eigenvalue weighted by Crippen LogP contribution is 2.28. The van der Waals surface area contributed by atoms with Crippen LogP contribution < -0.4 is 14.8 Å². The highest BCUT2D eigenvalue weighted by molar-refractivity contribution is 7.92. The second-order valence-electron chi connectivity index (χ2n) is 6.15. The number of benzene rings is 2. The van der Waals surface area contributed by atoms with Crippen LogP contribution in [0.1, 0.15) is 21.9 Å². The van der Waals surface area contributed by atoms with Gasteiger partial charge in [-0.25, -0.2) is 8.42 Å². The molecule has 28 heavy (non-hydrogen) atoms. The van der Waals surface area contributed by atoms with Crippen LogP contribution in [0.3, 0.4) is 0 Å². The third-order valence-corrected chi connectivity index (χ3v) is 5.56. The van der Waals surface area contributed by atoms with E-state index in [-0.39, 0.29) is 10.7 Å². The minimum Gasteiger partial charge on any atom is -0.495 e. The third kappa shape index (κ3) is 4.17. The number of ether oxygens (including phenoxy) is 1. The van der Waals surface area contributed by atoms with Gasteiger partial charge in [0.15, 0.2) is 5.76 Å². The van der Waals surface area contributed by atoms with E-state index in [1.54, 1.807) is 62.4 Å². The maximum absolute atomic E-state index is 12.9. The molecule has 1 amide bonds. The molecule has 2 N–H and O–H groups in total. The molecular weight excluding hydrogens is 380 g/mol. The molecular formula is C20H20N2O5S. The van der Waals surface area contributed by atoms with Crippen molar-refractivity contribution in [3.05, 3.63) is 71.7 Å². The number of amides is 1. The highest BCUT2D eigenvalue weighted by atomic mass is 32.2. The molecule has 7 nitrogen and oxygen atoms in total. The Kier molecular flexibility index (Phi) is 5.41. The van der Waals surface area contributed by atoms with E-state index in [0.29, 0.717) is 28.4 Å². The summed E-state index contributed by atoms with van der Waals surface area (Å²) >= 11 is 0. The van der Waals surface area contributed by atoms with Gasteiger partial charge in [0.25, 0.3) is 15.9 Å². The van der Waals surface area contributed by atoms with Gasteiger partial charge < -0.3 is 14.5 Å². The summed E-state index contributed by atoms with van der Waals surface area (Å²) in [4.78, 5) is 12.3. The van der Waals surface area contributed by atoms with E-state index < -0.39 is 15.9 Å². The summed E-state index contributed by atoms with van der Waals surface area (Å²) in [5.74, 6) is 0.701. The lowest BCUT2D eigenvalue weighted by atomic mass is 10.2. The van der Waals surface area contributed by atoms with E-state index in [2.05, 4.69) is 10.0 Å². The van der Waals surface area contributed by atoms with Crippen molar-refractivity contribution >= 4 is 27.3 Å². The summed E-state index contributed by atoms with van der Waals surface area (Å²) in [5, 5.41) is 2.65. The molecule has 0 atom stereocenters. The molecule has 0 aliphatic heterocycles. The van der Waals surface area contributed by atoms with Crippen LogP contribution in [0, 0.1) is 13.8 Å². The Bertz CT molecular complexity index is 1120. The van der Waals surface area contributed by atoms with E-state index in [9.17, 15) is 13.2 Å². The average molecular weight is 400 g/mol. The first-order chi connectivity index (χ1) is 13.3. The van der Waals surface area contributed by atoms with Crippen molar-refractivity contribution in [3.8, 4) is 5.75 Å². The van der Waals surface area contributed by atoms with Crippen LogP contribution in [0.15, 0.2) is 63.9 Å². The number of hydrogen-bond donors (Lipinski definition) is 2. The Balaban J connectivity index is 1.89. The van der Waals surface area contributed by atoms with Gasteiger partial charge in [0.2, 0.25) is 0 Å². The lowest BCUT2D eigenvalue weighted by Crippen LogP contribution is -2.16. The normalized spacial score (nSPS) is 11.1. The number of anilines is 2. The van der Waals surface area contributed by atoms with Gasteiger partial charge in [-0.15, -0.1) is 0 Å². The van der Waals surface area contributed by atoms with Gasteiger partial charge in [-0.1, -0.05) is 18.2 Å². The maximum atomic E-state index is 12.9. The maximum Gasteiger partial charge on any atom is 0.291 e. The fraction of sp³-hybridized carbons (Fsp3) is 0.150. The first-order valence-electron chi connectivity index (χ1n) is 8.44. The molecule has 0 unspecified atom stereocenters. The number of nitrogens with one attached hydrogen (secondary N) is 2. The summed E-state index contributed by atoms with van der Waals surface area (Å²) in [6, 6.07) is 14.6. The largest absolute Gasteiger partial charge is 0.495 e. The van der Waals surface area contributed by atoms with Crippen LogP contribution in [0.25, 0.3) is 0 Å². The number of carbonyl (C=O) groups is 1. The molecule has 0 aliphatic rings. The minimum atomic E-state index is -3.90. The zero-order valence-corrected chi connectivity index (χ0v) is 16.5. The molecule has 146 valence electrons. The minimum absolute atomic E-state index is 0.0480. The first kappa shape index (κ1) is 19.5. The molecule has 3 rings (SSSR count). The Labute approximate surface area is 163 Å². The summed E-state index contributed by atoms with van der Waals surface area (Å²) in [6.07, 6.45) is 0. The Morgan fingerprint density at radius 1 is 1.04 bits per heavy atom. The van der Waals surface area contributed by atoms with Crippen LogP contribution in [0.2, 0.25) is 0 Å². The molecule has 0 fully saturated rings. The van der Waals surface area contributed by atoms with Gasteiger partial charge in [-0.05, 0) is 55.8 Å². The first-order valence-corrected chi connectivity index (χ1v) is 9.93. The van der Waals surface area contributed by atoms with Crippen LogP contribution in [0.4, 0.5) is 11.4 Å². The van der Waals surface area contributed by atoms with Gasteiger partial charge in [0.1, 0.15) is 11.5 Å². The molecule has 0 saturated heterocycles. The predicted molar refractivity (Wildman–Crippen MR) is 106 cm³/mol. The number of furan rings is 1. The summed E-state index contributed by atoms with van der Waals surface area (Å²) in [5.41, 5.74) is 1.20. The molecule has 0 bridgehead atoms. The molecule has 2 aromatic carbocycles. The molecule has 8 heteroatoms. The number of carbonyl (C=O) groups excluding carboxylic acids is 1. The van der Waals surface area contributed by atoms with Crippen LogP contribution in [0.5, 0.6) is 5.75 Å². The van der Waals surface area contributed by atoms with Crippen molar-refractivity contribution in [2.24, 2.45) is 0 Å². The number of hydrogen-bond acceptors (Lipinski definition) is 5. The van der Waals surface area contributed by atoms with Crippen LogP contribution >= 0.6 is 0 Å². The van der Waals surface area contributed by atoms with E-state index in [1.807, 2.05) is 0 Å². The molecule has 0 aliphatic carbocycles. The number of sulfonamides is 1. The van der Waals surface area contributed by atoms with Gasteiger partial charge in [-0.2, -0.15) is 0 Å². The number of aryl methyl sites for hydroxylation is 2. The molecule has 1 aromatic heterocycles. The van der Waals surface area contributed by atoms with Crippen molar-refractivity contribution < 1.29 is 22.4 Å². The zero-order chi connectivity index (χ0) is 20.3. The Morgan fingerprint density at radius 2 is 1.79 bits per heavy atom. The second kappa shape index (κ2) is 7.77. The molecule has 0 radical (unpaired) electrons. The Hall–Kier alpha value is -3.26. The third-order valence-electron chi connectivity index (χ3n) is 4.05. The fourth-order valence-electron chi connectivity index (χ4n) is 2.65. The number of para-hydroxylation sites is 2. The molecule has 0 saturated carbocycles. The van der Waals surface area contributed by atoms with E-state index in [1.165, 1.54) is 13.2 Å².